The van der Waals surface area contributed by atoms with Crippen molar-refractivity contribution in [3.8, 4) is 11.5 Å². The predicted molar refractivity (Wildman–Crippen MR) is 67.8 cm³/mol. The van der Waals surface area contributed by atoms with Gasteiger partial charge in [0.15, 0.2) is 0 Å². The summed E-state index contributed by atoms with van der Waals surface area (Å²) in [5.41, 5.74) is 0. The summed E-state index contributed by atoms with van der Waals surface area (Å²) in [6, 6.07) is 6.71. The lowest BCUT2D eigenvalue weighted by Gasteiger charge is -2.25. The van der Waals surface area contributed by atoms with Crippen molar-refractivity contribution in [3.05, 3.63) is 24.3 Å². The van der Waals surface area contributed by atoms with Gasteiger partial charge in [-0.3, -0.25) is 0 Å². The summed E-state index contributed by atoms with van der Waals surface area (Å²) in [4.78, 5) is 0. The third-order valence-corrected chi connectivity index (χ3v) is 3.12. The second-order valence-corrected chi connectivity index (χ2v) is 4.66. The van der Waals surface area contributed by atoms with E-state index < -0.39 is 0 Å². The van der Waals surface area contributed by atoms with Gasteiger partial charge in [-0.05, 0) is 37.8 Å². The van der Waals surface area contributed by atoms with Crippen molar-refractivity contribution in [1.29, 1.82) is 0 Å². The van der Waals surface area contributed by atoms with Crippen LogP contribution in [0.1, 0.15) is 25.7 Å². The molecule has 2 rings (SSSR count). The molecule has 100 valence electrons. The molecule has 2 N–H and O–H groups in total. The van der Waals surface area contributed by atoms with Crippen molar-refractivity contribution >= 4 is 0 Å². The molecule has 0 spiro atoms. The van der Waals surface area contributed by atoms with Gasteiger partial charge >= 0.3 is 0 Å². The Labute approximate surface area is 107 Å². The van der Waals surface area contributed by atoms with Gasteiger partial charge in [0.25, 0.3) is 0 Å². The van der Waals surface area contributed by atoms with Gasteiger partial charge in [0.2, 0.25) is 0 Å². The Bertz CT molecular complexity index is 367. The summed E-state index contributed by atoms with van der Waals surface area (Å²) < 4.78 is 11.1. The second-order valence-electron chi connectivity index (χ2n) is 4.66. The monoisotopic (exact) mass is 252 g/mol. The summed E-state index contributed by atoms with van der Waals surface area (Å²) in [6.07, 6.45) is 3.60. The average Bonchev–Trinajstić information content (AvgIpc) is 2.35. The molecule has 0 saturated heterocycles. The standard InChI is InChI=1S/C14H20O4/c15-11-3-1-5-13(9-11)17-7-8-18-14-6-2-4-12(16)10-14/h1,3,5,9,12,14-16H,2,4,6-8,10H2. The molecule has 0 bridgehead atoms. The lowest BCUT2D eigenvalue weighted by atomic mass is 9.95. The van der Waals surface area contributed by atoms with E-state index >= 15 is 0 Å². The molecule has 1 aliphatic carbocycles. The Kier molecular flexibility index (Phi) is 4.84. The van der Waals surface area contributed by atoms with Crippen LogP contribution >= 0.6 is 0 Å². The first-order chi connectivity index (χ1) is 8.74. The smallest absolute Gasteiger partial charge is 0.123 e. The van der Waals surface area contributed by atoms with E-state index in [2.05, 4.69) is 0 Å². The van der Waals surface area contributed by atoms with E-state index in [9.17, 15) is 10.2 Å². The van der Waals surface area contributed by atoms with Crippen LogP contribution in [0.15, 0.2) is 24.3 Å². The molecule has 2 atom stereocenters. The number of hydrogen-bond acceptors (Lipinski definition) is 4. The van der Waals surface area contributed by atoms with Gasteiger partial charge in [-0.25, -0.2) is 0 Å². The van der Waals surface area contributed by atoms with Crippen LogP contribution in [-0.4, -0.2) is 35.6 Å². The minimum absolute atomic E-state index is 0.154. The molecule has 1 aliphatic rings. The number of phenols is 1. The Morgan fingerprint density at radius 3 is 2.89 bits per heavy atom. The van der Waals surface area contributed by atoms with Crippen LogP contribution in [0.2, 0.25) is 0 Å². The molecule has 0 radical (unpaired) electrons. The molecule has 0 aliphatic heterocycles. The van der Waals surface area contributed by atoms with Crippen molar-refractivity contribution in [2.24, 2.45) is 0 Å². The van der Waals surface area contributed by atoms with Gasteiger partial charge in [0.05, 0.1) is 18.8 Å². The fourth-order valence-electron chi connectivity index (χ4n) is 2.22. The van der Waals surface area contributed by atoms with Crippen LogP contribution < -0.4 is 4.74 Å². The summed E-state index contributed by atoms with van der Waals surface area (Å²) >= 11 is 0. The van der Waals surface area contributed by atoms with E-state index in [1.165, 1.54) is 0 Å². The quantitative estimate of drug-likeness (QED) is 0.788. The lowest BCUT2D eigenvalue weighted by molar-refractivity contribution is -0.0233. The highest BCUT2D eigenvalue weighted by Crippen LogP contribution is 2.21. The highest BCUT2D eigenvalue weighted by Gasteiger charge is 2.20. The topological polar surface area (TPSA) is 58.9 Å². The highest BCUT2D eigenvalue weighted by molar-refractivity contribution is 5.31. The van der Waals surface area contributed by atoms with E-state index in [1.54, 1.807) is 24.3 Å². The van der Waals surface area contributed by atoms with Gasteiger partial charge < -0.3 is 19.7 Å². The van der Waals surface area contributed by atoms with E-state index in [1.807, 2.05) is 0 Å². The third-order valence-electron chi connectivity index (χ3n) is 3.12. The maximum atomic E-state index is 9.51. The summed E-state index contributed by atoms with van der Waals surface area (Å²) in [6.45, 7) is 0.961. The van der Waals surface area contributed by atoms with Gasteiger partial charge in [0.1, 0.15) is 18.1 Å². The van der Waals surface area contributed by atoms with Crippen LogP contribution in [0, 0.1) is 0 Å². The maximum absolute atomic E-state index is 9.51. The number of phenolic OH excluding ortho intramolecular Hbond substituents is 1. The maximum Gasteiger partial charge on any atom is 0.123 e. The predicted octanol–water partition coefficient (Wildman–Crippen LogP) is 2.09. The zero-order valence-electron chi connectivity index (χ0n) is 10.4. The highest BCUT2D eigenvalue weighted by atomic mass is 16.5. The van der Waals surface area contributed by atoms with Gasteiger partial charge in [0, 0.05) is 6.07 Å². The molecule has 18 heavy (non-hydrogen) atoms. The normalized spacial score (nSPS) is 23.8. The Morgan fingerprint density at radius 2 is 2.11 bits per heavy atom. The van der Waals surface area contributed by atoms with E-state index in [0.717, 1.165) is 25.7 Å². The van der Waals surface area contributed by atoms with Crippen molar-refractivity contribution in [3.63, 3.8) is 0 Å². The van der Waals surface area contributed by atoms with Gasteiger partial charge in [-0.1, -0.05) is 6.07 Å². The van der Waals surface area contributed by atoms with Gasteiger partial charge in [-0.2, -0.15) is 0 Å². The summed E-state index contributed by atoms with van der Waals surface area (Å²) in [5, 5.41) is 18.8. The first kappa shape index (κ1) is 13.2. The molecule has 1 saturated carbocycles. The fourth-order valence-corrected chi connectivity index (χ4v) is 2.22. The molecule has 0 amide bonds. The number of aromatic hydroxyl groups is 1. The van der Waals surface area contributed by atoms with E-state index in [-0.39, 0.29) is 18.0 Å². The minimum Gasteiger partial charge on any atom is -0.508 e. The number of hydrogen-bond donors (Lipinski definition) is 2. The van der Waals surface area contributed by atoms with E-state index in [0.29, 0.717) is 19.0 Å². The second kappa shape index (κ2) is 6.61. The van der Waals surface area contributed by atoms with Crippen LogP contribution in [0.3, 0.4) is 0 Å². The third kappa shape index (κ3) is 4.20. The van der Waals surface area contributed by atoms with Crippen molar-refractivity contribution in [1.82, 2.24) is 0 Å². The first-order valence-corrected chi connectivity index (χ1v) is 6.45. The number of benzene rings is 1. The molecular formula is C14H20O4. The molecule has 1 fully saturated rings. The van der Waals surface area contributed by atoms with Crippen molar-refractivity contribution in [2.75, 3.05) is 13.2 Å². The lowest BCUT2D eigenvalue weighted by Crippen LogP contribution is -2.27. The minimum atomic E-state index is -0.212. The summed E-state index contributed by atoms with van der Waals surface area (Å²) in [7, 11) is 0. The van der Waals surface area contributed by atoms with Gasteiger partial charge in [-0.15, -0.1) is 0 Å². The molecule has 4 nitrogen and oxygen atoms in total. The van der Waals surface area contributed by atoms with Crippen LogP contribution in [0.25, 0.3) is 0 Å². The Balaban J connectivity index is 1.64. The number of rotatable bonds is 5. The van der Waals surface area contributed by atoms with Crippen molar-refractivity contribution < 1.29 is 19.7 Å². The number of aliphatic hydroxyl groups is 1. The van der Waals surface area contributed by atoms with Crippen molar-refractivity contribution in [2.45, 2.75) is 37.9 Å². The molecule has 1 aromatic rings. The zero-order valence-corrected chi connectivity index (χ0v) is 10.4. The molecular weight excluding hydrogens is 232 g/mol. The van der Waals surface area contributed by atoms with Crippen LogP contribution in [0.5, 0.6) is 11.5 Å². The fraction of sp³-hybridized carbons (Fsp3) is 0.571. The first-order valence-electron chi connectivity index (χ1n) is 6.45. The van der Waals surface area contributed by atoms with Crippen LogP contribution in [-0.2, 0) is 4.74 Å². The Hall–Kier alpha value is -1.26. The van der Waals surface area contributed by atoms with E-state index in [4.69, 9.17) is 9.47 Å². The zero-order chi connectivity index (χ0) is 12.8. The number of aliphatic hydroxyl groups excluding tert-OH is 1. The Morgan fingerprint density at radius 1 is 1.22 bits per heavy atom. The molecule has 4 heteroatoms. The number of ether oxygens (including phenoxy) is 2. The molecule has 0 aromatic heterocycles. The summed E-state index contributed by atoms with van der Waals surface area (Å²) in [5.74, 6) is 0.839. The molecule has 0 heterocycles. The SMILES string of the molecule is Oc1cccc(OCCOC2CCCC(O)C2)c1. The molecule has 2 unspecified atom stereocenters. The molecule has 1 aromatic carbocycles. The largest absolute Gasteiger partial charge is 0.508 e. The van der Waals surface area contributed by atoms with Crippen LogP contribution in [0.4, 0.5) is 0 Å². The average molecular weight is 252 g/mol.